The maximum Gasteiger partial charge on any atom is 0.126 e. The summed E-state index contributed by atoms with van der Waals surface area (Å²) in [7, 11) is 1.87. The van der Waals surface area contributed by atoms with Gasteiger partial charge in [0, 0.05) is 12.7 Å². The van der Waals surface area contributed by atoms with Crippen molar-refractivity contribution < 1.29 is 0 Å². The Labute approximate surface area is 95.4 Å². The van der Waals surface area contributed by atoms with E-state index in [0.29, 0.717) is 0 Å². The van der Waals surface area contributed by atoms with Gasteiger partial charge in [-0.3, -0.25) is 0 Å². The first-order valence-electron chi connectivity index (χ1n) is 5.32. The van der Waals surface area contributed by atoms with Gasteiger partial charge >= 0.3 is 0 Å². The Morgan fingerprint density at radius 3 is 2.75 bits per heavy atom. The highest BCUT2D eigenvalue weighted by molar-refractivity contribution is 5.34. The van der Waals surface area contributed by atoms with Crippen LogP contribution in [0, 0.1) is 13.8 Å². The van der Waals surface area contributed by atoms with Crippen LogP contribution >= 0.6 is 0 Å². The first-order chi connectivity index (χ1) is 7.70. The van der Waals surface area contributed by atoms with Gasteiger partial charge in [-0.05, 0) is 26.0 Å². The van der Waals surface area contributed by atoms with E-state index in [4.69, 9.17) is 0 Å². The van der Waals surface area contributed by atoms with Crippen LogP contribution in [-0.2, 0) is 6.54 Å². The van der Waals surface area contributed by atoms with Crippen molar-refractivity contribution in [2.24, 2.45) is 0 Å². The molecule has 0 atom stereocenters. The number of imidazole rings is 1. The van der Waals surface area contributed by atoms with Crippen LogP contribution in [0.1, 0.15) is 17.1 Å². The van der Waals surface area contributed by atoms with Gasteiger partial charge in [-0.2, -0.15) is 0 Å². The molecule has 0 saturated carbocycles. The molecule has 0 radical (unpaired) electrons. The zero-order valence-electron chi connectivity index (χ0n) is 9.86. The highest BCUT2D eigenvalue weighted by Gasteiger charge is 2.03. The predicted octanol–water partition coefficient (Wildman–Crippen LogP) is 1.98. The Balaban J connectivity index is 2.23. The van der Waals surface area contributed by atoms with Crippen molar-refractivity contribution in [3.63, 3.8) is 0 Å². The van der Waals surface area contributed by atoms with E-state index in [2.05, 4.69) is 26.8 Å². The van der Waals surface area contributed by atoms with E-state index in [9.17, 15) is 0 Å². The molecule has 0 unspecified atom stereocenters. The Morgan fingerprint density at radius 2 is 2.12 bits per heavy atom. The third-order valence-electron chi connectivity index (χ3n) is 2.74. The molecule has 0 amide bonds. The summed E-state index contributed by atoms with van der Waals surface area (Å²) in [5.74, 6) is 0.895. The van der Waals surface area contributed by atoms with Crippen molar-refractivity contribution in [3.8, 4) is 0 Å². The summed E-state index contributed by atoms with van der Waals surface area (Å²) in [6.45, 7) is 4.86. The van der Waals surface area contributed by atoms with Gasteiger partial charge in [-0.15, -0.1) is 0 Å². The molecule has 4 nitrogen and oxygen atoms in total. The molecule has 0 aliphatic heterocycles. The number of rotatable bonds is 3. The van der Waals surface area contributed by atoms with E-state index in [0.717, 1.165) is 23.8 Å². The molecule has 0 spiro atoms. The first-order valence-corrected chi connectivity index (χ1v) is 5.32. The molecule has 2 rings (SSSR count). The molecular weight excluding hydrogens is 200 g/mol. The van der Waals surface area contributed by atoms with Crippen molar-refractivity contribution in [2.45, 2.75) is 20.4 Å². The van der Waals surface area contributed by atoms with Crippen molar-refractivity contribution in [1.82, 2.24) is 14.5 Å². The molecule has 2 aromatic rings. The summed E-state index contributed by atoms with van der Waals surface area (Å²) in [6, 6.07) is 5.98. The zero-order chi connectivity index (χ0) is 11.5. The van der Waals surface area contributed by atoms with E-state index >= 15 is 0 Å². The van der Waals surface area contributed by atoms with E-state index in [1.807, 2.05) is 38.5 Å². The molecule has 16 heavy (non-hydrogen) atoms. The van der Waals surface area contributed by atoms with Gasteiger partial charge in [0.15, 0.2) is 0 Å². The van der Waals surface area contributed by atoms with Crippen molar-refractivity contribution in [2.75, 3.05) is 12.4 Å². The summed E-state index contributed by atoms with van der Waals surface area (Å²) in [6.07, 6.45) is 1.86. The largest absolute Gasteiger partial charge is 0.373 e. The van der Waals surface area contributed by atoms with Crippen molar-refractivity contribution in [3.05, 3.63) is 41.6 Å². The molecule has 0 aliphatic rings. The number of aromatic nitrogens is 3. The quantitative estimate of drug-likeness (QED) is 0.853. The van der Waals surface area contributed by atoms with Gasteiger partial charge in [0.25, 0.3) is 0 Å². The highest BCUT2D eigenvalue weighted by Crippen LogP contribution is 2.09. The molecule has 0 bridgehead atoms. The molecule has 84 valence electrons. The van der Waals surface area contributed by atoms with Crippen LogP contribution in [0.5, 0.6) is 0 Å². The SMILES string of the molecule is CNc1cccc(Cn2cnc(C)c2C)n1. The van der Waals surface area contributed by atoms with Gasteiger partial charge in [0.2, 0.25) is 0 Å². The Bertz CT molecular complexity index is 488. The fourth-order valence-electron chi connectivity index (χ4n) is 1.58. The van der Waals surface area contributed by atoms with E-state index in [-0.39, 0.29) is 0 Å². The standard InChI is InChI=1S/C12H16N4/c1-9-10(2)16(8-14-9)7-11-5-4-6-12(13-3)15-11/h4-6,8H,7H2,1-3H3,(H,13,15). The Morgan fingerprint density at radius 1 is 1.31 bits per heavy atom. The lowest BCUT2D eigenvalue weighted by Crippen LogP contribution is -2.04. The molecule has 0 saturated heterocycles. The highest BCUT2D eigenvalue weighted by atomic mass is 15.1. The maximum absolute atomic E-state index is 4.48. The number of hydrogen-bond donors (Lipinski definition) is 1. The lowest BCUT2D eigenvalue weighted by molar-refractivity contribution is 0.749. The normalized spacial score (nSPS) is 10.4. The predicted molar refractivity (Wildman–Crippen MR) is 64.6 cm³/mol. The number of nitrogens with zero attached hydrogens (tertiary/aromatic N) is 3. The molecule has 4 heteroatoms. The van der Waals surface area contributed by atoms with Gasteiger partial charge in [0.1, 0.15) is 5.82 Å². The minimum absolute atomic E-state index is 0.766. The van der Waals surface area contributed by atoms with Gasteiger partial charge in [-0.1, -0.05) is 6.07 Å². The number of anilines is 1. The smallest absolute Gasteiger partial charge is 0.126 e. The molecule has 2 aromatic heterocycles. The average molecular weight is 216 g/mol. The second kappa shape index (κ2) is 4.35. The summed E-state index contributed by atoms with van der Waals surface area (Å²) < 4.78 is 2.11. The molecular formula is C12H16N4. The van der Waals surface area contributed by atoms with Gasteiger partial charge in [0.05, 0.1) is 24.3 Å². The molecule has 1 N–H and O–H groups in total. The second-order valence-electron chi connectivity index (χ2n) is 3.81. The summed E-state index contributed by atoms with van der Waals surface area (Å²) in [5, 5.41) is 3.04. The summed E-state index contributed by atoms with van der Waals surface area (Å²) in [5.41, 5.74) is 3.30. The molecule has 0 aromatic carbocycles. The van der Waals surface area contributed by atoms with Crippen LogP contribution in [0.2, 0.25) is 0 Å². The maximum atomic E-state index is 4.48. The Kier molecular flexibility index (Phi) is 2.90. The van der Waals surface area contributed by atoms with Gasteiger partial charge < -0.3 is 9.88 Å². The van der Waals surface area contributed by atoms with E-state index in [1.54, 1.807) is 0 Å². The number of nitrogens with one attached hydrogen (secondary N) is 1. The average Bonchev–Trinajstić information content (AvgIpc) is 2.61. The van der Waals surface area contributed by atoms with Crippen LogP contribution in [0.4, 0.5) is 5.82 Å². The molecule has 0 aliphatic carbocycles. The molecule has 0 fully saturated rings. The minimum Gasteiger partial charge on any atom is -0.373 e. The lowest BCUT2D eigenvalue weighted by atomic mass is 10.3. The number of pyridine rings is 1. The summed E-state index contributed by atoms with van der Waals surface area (Å²) in [4.78, 5) is 8.75. The summed E-state index contributed by atoms with van der Waals surface area (Å²) >= 11 is 0. The van der Waals surface area contributed by atoms with Crippen LogP contribution in [-0.4, -0.2) is 21.6 Å². The van der Waals surface area contributed by atoms with Crippen LogP contribution < -0.4 is 5.32 Å². The third-order valence-corrected chi connectivity index (χ3v) is 2.74. The van der Waals surface area contributed by atoms with Crippen molar-refractivity contribution in [1.29, 1.82) is 0 Å². The van der Waals surface area contributed by atoms with E-state index < -0.39 is 0 Å². The number of aryl methyl sites for hydroxylation is 1. The third kappa shape index (κ3) is 2.05. The van der Waals surface area contributed by atoms with E-state index in [1.165, 1.54) is 5.69 Å². The number of hydrogen-bond acceptors (Lipinski definition) is 3. The van der Waals surface area contributed by atoms with Crippen LogP contribution in [0.25, 0.3) is 0 Å². The van der Waals surface area contributed by atoms with Crippen LogP contribution in [0.3, 0.4) is 0 Å². The second-order valence-corrected chi connectivity index (χ2v) is 3.81. The van der Waals surface area contributed by atoms with Crippen LogP contribution in [0.15, 0.2) is 24.5 Å². The first kappa shape index (κ1) is 10.7. The monoisotopic (exact) mass is 216 g/mol. The minimum atomic E-state index is 0.766. The lowest BCUT2D eigenvalue weighted by Gasteiger charge is -2.06. The topological polar surface area (TPSA) is 42.7 Å². The Hall–Kier alpha value is -1.84. The van der Waals surface area contributed by atoms with Gasteiger partial charge in [-0.25, -0.2) is 9.97 Å². The fourth-order valence-corrected chi connectivity index (χ4v) is 1.58. The molecule has 2 heterocycles. The zero-order valence-corrected chi connectivity index (χ0v) is 9.86. The fraction of sp³-hybridized carbons (Fsp3) is 0.333. The van der Waals surface area contributed by atoms with Crippen molar-refractivity contribution >= 4 is 5.82 Å².